The summed E-state index contributed by atoms with van der Waals surface area (Å²) >= 11 is 0. The molecule has 0 heterocycles. The molecular weight excluding hydrogens is 214 g/mol. The number of hydrogen-bond acceptors (Lipinski definition) is 3. The van der Waals surface area contributed by atoms with Crippen LogP contribution >= 0.6 is 0 Å². The van der Waals surface area contributed by atoms with Crippen molar-refractivity contribution in [1.82, 2.24) is 5.32 Å². The quantitative estimate of drug-likeness (QED) is 0.708. The zero-order chi connectivity index (χ0) is 12.8. The molecule has 0 saturated carbocycles. The van der Waals surface area contributed by atoms with Gasteiger partial charge in [0.25, 0.3) is 0 Å². The van der Waals surface area contributed by atoms with Crippen LogP contribution in [-0.2, 0) is 6.42 Å². The third kappa shape index (κ3) is 4.75. The Hall–Kier alpha value is -1.06. The van der Waals surface area contributed by atoms with Crippen LogP contribution in [0.4, 0.5) is 0 Å². The molecule has 1 rings (SSSR count). The topological polar surface area (TPSA) is 52.5 Å². The third-order valence-corrected chi connectivity index (χ3v) is 2.98. The fraction of sp³-hybridized carbons (Fsp3) is 0.571. The second-order valence-electron chi connectivity index (χ2n) is 4.97. The van der Waals surface area contributed by atoms with Crippen molar-refractivity contribution in [3.8, 4) is 5.75 Å². The van der Waals surface area contributed by atoms with E-state index in [1.54, 1.807) is 12.1 Å². The summed E-state index contributed by atoms with van der Waals surface area (Å²) in [7, 11) is 0. The van der Waals surface area contributed by atoms with Crippen LogP contribution in [-0.4, -0.2) is 28.9 Å². The van der Waals surface area contributed by atoms with E-state index in [4.69, 9.17) is 0 Å². The number of rotatable bonds is 6. The highest BCUT2D eigenvalue weighted by Crippen LogP contribution is 2.12. The molecule has 17 heavy (non-hydrogen) atoms. The fourth-order valence-electron chi connectivity index (χ4n) is 1.87. The molecule has 3 nitrogen and oxygen atoms in total. The monoisotopic (exact) mass is 237 g/mol. The van der Waals surface area contributed by atoms with Crippen LogP contribution in [0.3, 0.4) is 0 Å². The summed E-state index contributed by atoms with van der Waals surface area (Å²) < 4.78 is 0. The van der Waals surface area contributed by atoms with Gasteiger partial charge in [-0.2, -0.15) is 0 Å². The average Bonchev–Trinajstić information content (AvgIpc) is 2.28. The Balaban J connectivity index is 2.48. The van der Waals surface area contributed by atoms with Crippen LogP contribution in [0.2, 0.25) is 0 Å². The Morgan fingerprint density at radius 3 is 2.18 bits per heavy atom. The summed E-state index contributed by atoms with van der Waals surface area (Å²) in [6.45, 7) is 6.47. The molecule has 1 aromatic carbocycles. The molecule has 0 fully saturated rings. The van der Waals surface area contributed by atoms with Crippen molar-refractivity contribution in [3.05, 3.63) is 29.8 Å². The van der Waals surface area contributed by atoms with Crippen molar-refractivity contribution in [2.75, 3.05) is 6.61 Å². The van der Waals surface area contributed by atoms with Gasteiger partial charge in [-0.25, -0.2) is 0 Å². The van der Waals surface area contributed by atoms with Gasteiger partial charge in [0.2, 0.25) is 0 Å². The SMILES string of the molecule is CC(Cc1ccc(O)cc1)NC(CO)C(C)C. The number of benzene rings is 1. The van der Waals surface area contributed by atoms with E-state index in [0.29, 0.717) is 17.7 Å². The molecule has 3 heteroatoms. The van der Waals surface area contributed by atoms with Crippen molar-refractivity contribution in [1.29, 1.82) is 0 Å². The van der Waals surface area contributed by atoms with Crippen molar-refractivity contribution in [3.63, 3.8) is 0 Å². The molecule has 1 aromatic rings. The number of nitrogens with one attached hydrogen (secondary N) is 1. The van der Waals surface area contributed by atoms with Crippen molar-refractivity contribution in [2.45, 2.75) is 39.3 Å². The van der Waals surface area contributed by atoms with Gasteiger partial charge in [-0.15, -0.1) is 0 Å². The third-order valence-electron chi connectivity index (χ3n) is 2.98. The van der Waals surface area contributed by atoms with Crippen LogP contribution in [0.5, 0.6) is 5.75 Å². The van der Waals surface area contributed by atoms with Crippen molar-refractivity contribution in [2.24, 2.45) is 5.92 Å². The first-order valence-corrected chi connectivity index (χ1v) is 6.17. The molecule has 0 aliphatic rings. The molecule has 96 valence electrons. The summed E-state index contributed by atoms with van der Waals surface area (Å²) in [5.41, 5.74) is 1.18. The molecule has 0 saturated heterocycles. The van der Waals surface area contributed by atoms with Gasteiger partial charge in [0.1, 0.15) is 5.75 Å². The zero-order valence-electron chi connectivity index (χ0n) is 10.9. The minimum atomic E-state index is 0.141. The first-order valence-electron chi connectivity index (χ1n) is 6.17. The van der Waals surface area contributed by atoms with Gasteiger partial charge in [-0.05, 0) is 37.0 Å². The number of aliphatic hydroxyl groups excluding tert-OH is 1. The predicted molar refractivity (Wildman–Crippen MR) is 70.1 cm³/mol. The Kier molecular flexibility index (Phi) is 5.45. The van der Waals surface area contributed by atoms with Gasteiger partial charge in [0.15, 0.2) is 0 Å². The minimum absolute atomic E-state index is 0.141. The van der Waals surface area contributed by atoms with Crippen molar-refractivity contribution >= 4 is 0 Å². The van der Waals surface area contributed by atoms with Gasteiger partial charge in [-0.3, -0.25) is 0 Å². The maximum Gasteiger partial charge on any atom is 0.115 e. The smallest absolute Gasteiger partial charge is 0.115 e. The number of phenols is 1. The fourth-order valence-corrected chi connectivity index (χ4v) is 1.87. The van der Waals surface area contributed by atoms with Crippen LogP contribution in [0.15, 0.2) is 24.3 Å². The van der Waals surface area contributed by atoms with Crippen LogP contribution in [0.25, 0.3) is 0 Å². The lowest BCUT2D eigenvalue weighted by Gasteiger charge is -2.24. The first kappa shape index (κ1) is 14.0. The van der Waals surface area contributed by atoms with E-state index in [2.05, 4.69) is 26.1 Å². The van der Waals surface area contributed by atoms with E-state index >= 15 is 0 Å². The van der Waals surface area contributed by atoms with Gasteiger partial charge < -0.3 is 15.5 Å². The zero-order valence-corrected chi connectivity index (χ0v) is 10.9. The number of aromatic hydroxyl groups is 1. The largest absolute Gasteiger partial charge is 0.508 e. The van der Waals surface area contributed by atoms with Gasteiger partial charge >= 0.3 is 0 Å². The Morgan fingerprint density at radius 1 is 1.12 bits per heavy atom. The molecule has 0 radical (unpaired) electrons. The second kappa shape index (κ2) is 6.62. The molecule has 0 aliphatic carbocycles. The van der Waals surface area contributed by atoms with Gasteiger partial charge in [0, 0.05) is 12.1 Å². The van der Waals surface area contributed by atoms with E-state index in [1.165, 1.54) is 5.56 Å². The molecule has 0 bridgehead atoms. The molecule has 0 amide bonds. The molecule has 0 spiro atoms. The summed E-state index contributed by atoms with van der Waals surface area (Å²) in [5.74, 6) is 0.715. The van der Waals surface area contributed by atoms with E-state index < -0.39 is 0 Å². The molecule has 3 N–H and O–H groups in total. The summed E-state index contributed by atoms with van der Waals surface area (Å²) in [6, 6.07) is 7.71. The average molecular weight is 237 g/mol. The maximum absolute atomic E-state index is 9.25. The molecular formula is C14H23NO2. The molecule has 0 aliphatic heterocycles. The van der Waals surface area contributed by atoms with Crippen molar-refractivity contribution < 1.29 is 10.2 Å². The normalized spacial score (nSPS) is 14.9. The Labute approximate surface area is 103 Å². The first-order chi connectivity index (χ1) is 8.02. The lowest BCUT2D eigenvalue weighted by molar-refractivity contribution is 0.201. The van der Waals surface area contributed by atoms with Gasteiger partial charge in [0.05, 0.1) is 6.61 Å². The predicted octanol–water partition coefficient (Wildman–Crippen LogP) is 1.93. The van der Waals surface area contributed by atoms with Crippen LogP contribution < -0.4 is 5.32 Å². The van der Waals surface area contributed by atoms with Gasteiger partial charge in [-0.1, -0.05) is 26.0 Å². The summed E-state index contributed by atoms with van der Waals surface area (Å²) in [5, 5.41) is 21.9. The van der Waals surface area contributed by atoms with E-state index in [0.717, 1.165) is 6.42 Å². The number of hydrogen-bond donors (Lipinski definition) is 3. The summed E-state index contributed by atoms with van der Waals surface area (Å²) in [4.78, 5) is 0. The van der Waals surface area contributed by atoms with E-state index in [-0.39, 0.29) is 12.6 Å². The number of aliphatic hydroxyl groups is 1. The molecule has 2 unspecified atom stereocenters. The molecule has 2 atom stereocenters. The highest BCUT2D eigenvalue weighted by atomic mass is 16.3. The highest BCUT2D eigenvalue weighted by molar-refractivity contribution is 5.26. The Morgan fingerprint density at radius 2 is 1.71 bits per heavy atom. The Bertz CT molecular complexity index is 321. The molecule has 0 aromatic heterocycles. The number of phenolic OH excluding ortho intramolecular Hbond substituents is 1. The van der Waals surface area contributed by atoms with E-state index in [1.807, 2.05) is 12.1 Å². The summed E-state index contributed by atoms with van der Waals surface area (Å²) in [6.07, 6.45) is 0.892. The minimum Gasteiger partial charge on any atom is -0.508 e. The highest BCUT2D eigenvalue weighted by Gasteiger charge is 2.14. The maximum atomic E-state index is 9.25. The van der Waals surface area contributed by atoms with Crippen LogP contribution in [0, 0.1) is 5.92 Å². The standard InChI is InChI=1S/C14H23NO2/c1-10(2)14(9-16)15-11(3)8-12-4-6-13(17)7-5-12/h4-7,10-11,14-17H,8-9H2,1-3H3. The van der Waals surface area contributed by atoms with E-state index in [9.17, 15) is 10.2 Å². The lowest BCUT2D eigenvalue weighted by Crippen LogP contribution is -2.43. The second-order valence-corrected chi connectivity index (χ2v) is 4.97. The lowest BCUT2D eigenvalue weighted by atomic mass is 10.0. The van der Waals surface area contributed by atoms with Crippen LogP contribution in [0.1, 0.15) is 26.3 Å².